The molecular weight excluding hydrogens is 380 g/mol. The minimum absolute atomic E-state index is 0.0777. The van der Waals surface area contributed by atoms with Crippen LogP contribution in [0.3, 0.4) is 0 Å². The van der Waals surface area contributed by atoms with Crippen molar-refractivity contribution >= 4 is 17.5 Å². The summed E-state index contributed by atoms with van der Waals surface area (Å²) in [7, 11) is 3.27. The van der Waals surface area contributed by atoms with Gasteiger partial charge in [0.1, 0.15) is 6.04 Å². The van der Waals surface area contributed by atoms with Crippen molar-refractivity contribution in [2.45, 2.75) is 45.7 Å². The molecule has 2 aliphatic rings. The van der Waals surface area contributed by atoms with Gasteiger partial charge in [0.25, 0.3) is 5.91 Å². The fourth-order valence-corrected chi connectivity index (χ4v) is 4.88. The zero-order valence-electron chi connectivity index (χ0n) is 18.2. The molecule has 1 unspecified atom stereocenters. The van der Waals surface area contributed by atoms with E-state index in [0.29, 0.717) is 11.4 Å². The second-order valence-electron chi connectivity index (χ2n) is 8.25. The number of anilines is 1. The van der Waals surface area contributed by atoms with Crippen LogP contribution in [0.1, 0.15) is 41.6 Å². The summed E-state index contributed by atoms with van der Waals surface area (Å²) in [6, 6.07) is 9.52. The van der Waals surface area contributed by atoms with Crippen LogP contribution in [0, 0.1) is 13.8 Å². The van der Waals surface area contributed by atoms with Crippen LogP contribution in [0.15, 0.2) is 30.3 Å². The first-order chi connectivity index (χ1) is 14.4. The Bertz CT molecular complexity index is 1020. The molecular formula is C24H29N2O4+. The molecule has 30 heavy (non-hydrogen) atoms. The summed E-state index contributed by atoms with van der Waals surface area (Å²) in [5.74, 6) is 1.20. The van der Waals surface area contributed by atoms with Crippen LogP contribution in [-0.4, -0.2) is 38.6 Å². The average molecular weight is 410 g/mol. The number of hydrogen-bond donors (Lipinski definition) is 1. The largest absolute Gasteiger partial charge is 0.493 e. The molecule has 0 aliphatic carbocycles. The van der Waals surface area contributed by atoms with Crippen LogP contribution in [0.4, 0.5) is 5.69 Å². The van der Waals surface area contributed by atoms with Crippen molar-refractivity contribution in [2.24, 2.45) is 0 Å². The second-order valence-corrected chi connectivity index (χ2v) is 8.25. The summed E-state index contributed by atoms with van der Waals surface area (Å²) in [5, 5.41) is 0. The zero-order chi connectivity index (χ0) is 21.6. The second kappa shape index (κ2) is 7.76. The Hall–Kier alpha value is -2.86. The lowest BCUT2D eigenvalue weighted by Crippen LogP contribution is -3.17. The maximum atomic E-state index is 13.4. The third-order valence-electron chi connectivity index (χ3n) is 6.76. The first-order valence-electron chi connectivity index (χ1n) is 10.4. The van der Waals surface area contributed by atoms with Crippen LogP contribution in [0.25, 0.3) is 0 Å². The summed E-state index contributed by atoms with van der Waals surface area (Å²) in [5.41, 5.74) is 5.13. The summed E-state index contributed by atoms with van der Waals surface area (Å²) >= 11 is 0. The lowest BCUT2D eigenvalue weighted by Gasteiger charge is -2.35. The van der Waals surface area contributed by atoms with E-state index in [2.05, 4.69) is 6.92 Å². The minimum atomic E-state index is -0.367. The van der Waals surface area contributed by atoms with Crippen molar-refractivity contribution in [3.05, 3.63) is 52.6 Å². The number of nitrogens with one attached hydrogen (secondary N) is 1. The molecule has 158 valence electrons. The van der Waals surface area contributed by atoms with Gasteiger partial charge in [-0.3, -0.25) is 9.59 Å². The van der Waals surface area contributed by atoms with E-state index in [-0.39, 0.29) is 30.3 Å². The molecule has 4 rings (SSSR count). The van der Waals surface area contributed by atoms with E-state index >= 15 is 0 Å². The van der Waals surface area contributed by atoms with Gasteiger partial charge in [-0.15, -0.1) is 0 Å². The molecule has 1 fully saturated rings. The standard InChI is InChI=1S/C24H28N2O4/c1-14-7-6-8-19(15(14)2)26-23(27)13-20(24(26)28)25-10-9-17-11-21(29-4)22(30-5)12-18(17)16(25)3/h6-8,11-12,16,20H,9-10,13H2,1-5H3/p+1/t16-,20+/m0/s1. The normalized spacial score (nSPS) is 23.5. The monoisotopic (exact) mass is 409 g/mol. The summed E-state index contributed by atoms with van der Waals surface area (Å²) in [4.78, 5) is 28.8. The fourth-order valence-electron chi connectivity index (χ4n) is 4.88. The molecule has 0 bridgehead atoms. The van der Waals surface area contributed by atoms with Crippen LogP contribution in [-0.2, 0) is 16.0 Å². The van der Waals surface area contributed by atoms with E-state index in [1.54, 1.807) is 14.2 Å². The Morgan fingerprint density at radius 3 is 2.47 bits per heavy atom. The number of ether oxygens (including phenoxy) is 2. The number of methoxy groups -OCH3 is 2. The molecule has 1 N–H and O–H groups in total. The van der Waals surface area contributed by atoms with Gasteiger partial charge in [-0.2, -0.15) is 0 Å². The number of amides is 2. The first kappa shape index (κ1) is 20.4. The van der Waals surface area contributed by atoms with Crippen molar-refractivity contribution in [1.29, 1.82) is 0 Å². The minimum Gasteiger partial charge on any atom is -0.493 e. The molecule has 1 saturated heterocycles. The Labute approximate surface area is 177 Å². The molecule has 2 heterocycles. The van der Waals surface area contributed by atoms with Gasteiger partial charge in [0.2, 0.25) is 5.91 Å². The molecule has 2 amide bonds. The summed E-state index contributed by atoms with van der Waals surface area (Å²) in [6.45, 7) is 6.88. The Morgan fingerprint density at radius 2 is 1.77 bits per heavy atom. The summed E-state index contributed by atoms with van der Waals surface area (Å²) < 4.78 is 10.9. The van der Waals surface area contributed by atoms with E-state index in [0.717, 1.165) is 40.3 Å². The van der Waals surface area contributed by atoms with Gasteiger partial charge in [0.05, 0.1) is 32.9 Å². The highest BCUT2D eigenvalue weighted by Crippen LogP contribution is 2.35. The number of nitrogens with zero attached hydrogens (tertiary/aromatic N) is 1. The van der Waals surface area contributed by atoms with Gasteiger partial charge in [-0.25, -0.2) is 4.90 Å². The van der Waals surface area contributed by atoms with Crippen molar-refractivity contribution < 1.29 is 24.0 Å². The number of aryl methyl sites for hydroxylation is 1. The van der Waals surface area contributed by atoms with Crippen LogP contribution < -0.4 is 19.3 Å². The number of imide groups is 1. The van der Waals surface area contributed by atoms with Crippen molar-refractivity contribution in [3.63, 3.8) is 0 Å². The highest BCUT2D eigenvalue weighted by Gasteiger charge is 2.48. The Morgan fingerprint density at radius 1 is 1.07 bits per heavy atom. The van der Waals surface area contributed by atoms with E-state index in [1.165, 1.54) is 10.5 Å². The quantitative estimate of drug-likeness (QED) is 0.787. The molecule has 0 aromatic heterocycles. The maximum absolute atomic E-state index is 13.4. The third-order valence-corrected chi connectivity index (χ3v) is 6.76. The first-order valence-corrected chi connectivity index (χ1v) is 10.4. The van der Waals surface area contributed by atoms with Crippen molar-refractivity contribution in [1.82, 2.24) is 0 Å². The molecule has 6 heteroatoms. The van der Waals surface area contributed by atoms with Crippen molar-refractivity contribution in [2.75, 3.05) is 25.7 Å². The zero-order valence-corrected chi connectivity index (χ0v) is 18.2. The van der Waals surface area contributed by atoms with Crippen LogP contribution in [0.5, 0.6) is 11.5 Å². The highest BCUT2D eigenvalue weighted by molar-refractivity contribution is 6.22. The number of benzene rings is 2. The smallest absolute Gasteiger partial charge is 0.292 e. The van der Waals surface area contributed by atoms with Gasteiger partial charge in [-0.1, -0.05) is 12.1 Å². The number of quaternary nitrogens is 1. The van der Waals surface area contributed by atoms with E-state index < -0.39 is 0 Å². The predicted molar refractivity (Wildman–Crippen MR) is 114 cm³/mol. The number of rotatable bonds is 4. The molecule has 0 saturated carbocycles. The Kier molecular flexibility index (Phi) is 5.28. The topological polar surface area (TPSA) is 60.3 Å². The lowest BCUT2D eigenvalue weighted by atomic mass is 9.91. The van der Waals surface area contributed by atoms with Crippen LogP contribution in [0.2, 0.25) is 0 Å². The molecule has 0 spiro atoms. The van der Waals surface area contributed by atoms with E-state index in [4.69, 9.17) is 9.47 Å². The van der Waals surface area contributed by atoms with Crippen LogP contribution >= 0.6 is 0 Å². The molecule has 3 atom stereocenters. The van der Waals surface area contributed by atoms with E-state index in [9.17, 15) is 9.59 Å². The van der Waals surface area contributed by atoms with Crippen molar-refractivity contribution in [3.8, 4) is 11.5 Å². The molecule has 2 aromatic rings. The van der Waals surface area contributed by atoms with Gasteiger partial charge >= 0.3 is 0 Å². The average Bonchev–Trinajstić information content (AvgIpc) is 3.03. The lowest BCUT2D eigenvalue weighted by molar-refractivity contribution is -0.946. The molecule has 2 aliphatic heterocycles. The van der Waals surface area contributed by atoms with Gasteiger partial charge in [-0.05, 0) is 55.7 Å². The number of hydrogen-bond acceptors (Lipinski definition) is 4. The molecule has 2 aromatic carbocycles. The number of carbonyl (C=O) groups excluding carboxylic acids is 2. The SMILES string of the molecule is COc1cc2c(cc1OC)[C@H](C)[NH+]([C@@H]1CC(=O)N(c3cccc(C)c3C)C1=O)CC2. The Balaban J connectivity index is 1.65. The third kappa shape index (κ3) is 3.16. The van der Waals surface area contributed by atoms with E-state index in [1.807, 2.05) is 44.2 Å². The number of fused-ring (bicyclic) bond motifs is 1. The molecule has 6 nitrogen and oxygen atoms in total. The van der Waals surface area contributed by atoms with Gasteiger partial charge < -0.3 is 14.4 Å². The predicted octanol–water partition coefficient (Wildman–Crippen LogP) is 2.15. The maximum Gasteiger partial charge on any atom is 0.292 e. The summed E-state index contributed by atoms with van der Waals surface area (Å²) in [6.07, 6.45) is 1.07. The van der Waals surface area contributed by atoms with Gasteiger partial charge in [0.15, 0.2) is 17.5 Å². The fraction of sp³-hybridized carbons (Fsp3) is 0.417. The van der Waals surface area contributed by atoms with Gasteiger partial charge in [0, 0.05) is 12.0 Å². The number of carbonyl (C=O) groups is 2. The molecule has 0 radical (unpaired) electrons. The highest BCUT2D eigenvalue weighted by atomic mass is 16.5.